The van der Waals surface area contributed by atoms with Crippen LogP contribution in [-0.2, 0) is 19.6 Å². The first kappa shape index (κ1) is 31.2. The van der Waals surface area contributed by atoms with Crippen LogP contribution in [0.25, 0.3) is 0 Å². The van der Waals surface area contributed by atoms with Crippen molar-refractivity contribution >= 4 is 28.4 Å². The van der Waals surface area contributed by atoms with E-state index in [2.05, 4.69) is 29.3 Å². The normalized spacial score (nSPS) is 19.2. The number of likely N-dealkylation sites (N-methyl/N-ethyl adjacent to an activating group) is 1. The van der Waals surface area contributed by atoms with E-state index < -0.39 is 10.0 Å². The van der Waals surface area contributed by atoms with E-state index in [4.69, 9.17) is 4.74 Å². The van der Waals surface area contributed by atoms with Gasteiger partial charge in [-0.3, -0.25) is 9.69 Å². The van der Waals surface area contributed by atoms with Crippen molar-refractivity contribution in [2.45, 2.75) is 56.0 Å². The number of rotatable bonds is 13. The van der Waals surface area contributed by atoms with Gasteiger partial charge in [-0.05, 0) is 55.8 Å². The van der Waals surface area contributed by atoms with Gasteiger partial charge in [0.05, 0.1) is 24.1 Å². The standard InChI is InChI=1S/C28H41N3O4S.ClH/c1-4-5-18-29-27-21-24(28(32)35-3)16-19-31(27)20-17-25(23-12-8-6-9-13-23)22-30(2)36(33,34)26-14-10-7-11-15-26;/h6-15,24-25,27,29H,4-5,16-22H2,1-3H3;1H/t24-,25?,27+;/m0./s1. The van der Waals surface area contributed by atoms with Crippen LogP contribution in [0.15, 0.2) is 65.6 Å². The number of carbonyl (C=O) groups excluding carboxylic acids is 1. The van der Waals surface area contributed by atoms with Crippen LogP contribution in [0.2, 0.25) is 0 Å². The Balaban J connectivity index is 0.00000481. The van der Waals surface area contributed by atoms with Gasteiger partial charge >= 0.3 is 5.97 Å². The van der Waals surface area contributed by atoms with Crippen LogP contribution < -0.4 is 5.32 Å². The second kappa shape index (κ2) is 15.4. The monoisotopic (exact) mass is 551 g/mol. The molecule has 0 saturated carbocycles. The van der Waals surface area contributed by atoms with Gasteiger partial charge in [-0.2, -0.15) is 0 Å². The van der Waals surface area contributed by atoms with E-state index >= 15 is 0 Å². The highest BCUT2D eigenvalue weighted by Gasteiger charge is 2.33. The summed E-state index contributed by atoms with van der Waals surface area (Å²) in [4.78, 5) is 14.9. The van der Waals surface area contributed by atoms with E-state index in [-0.39, 0.29) is 36.4 Å². The summed E-state index contributed by atoms with van der Waals surface area (Å²) in [6, 6.07) is 18.7. The average Bonchev–Trinajstić information content (AvgIpc) is 2.91. The van der Waals surface area contributed by atoms with Gasteiger partial charge in [0.2, 0.25) is 10.0 Å². The Labute approximate surface area is 229 Å². The van der Waals surface area contributed by atoms with Crippen molar-refractivity contribution in [1.82, 2.24) is 14.5 Å². The Morgan fingerprint density at radius 3 is 2.41 bits per heavy atom. The number of unbranched alkanes of at least 4 members (excludes halogenated alkanes) is 1. The molecule has 1 N–H and O–H groups in total. The molecule has 1 aliphatic heterocycles. The third-order valence-corrected chi connectivity index (χ3v) is 8.96. The molecular weight excluding hydrogens is 510 g/mol. The third kappa shape index (κ3) is 8.79. The number of nitrogens with zero attached hydrogens (tertiary/aromatic N) is 2. The lowest BCUT2D eigenvalue weighted by atomic mass is 9.92. The summed E-state index contributed by atoms with van der Waals surface area (Å²) in [5, 5.41) is 3.64. The van der Waals surface area contributed by atoms with Crippen LogP contribution in [0.5, 0.6) is 0 Å². The number of benzene rings is 2. The number of hydrogen-bond donors (Lipinski definition) is 1. The molecule has 1 saturated heterocycles. The van der Waals surface area contributed by atoms with Gasteiger partial charge in [0.25, 0.3) is 0 Å². The molecule has 1 aliphatic rings. The molecule has 1 fully saturated rings. The molecule has 1 unspecified atom stereocenters. The maximum absolute atomic E-state index is 13.2. The highest BCUT2D eigenvalue weighted by molar-refractivity contribution is 7.89. The number of methoxy groups -OCH3 is 1. The first-order valence-corrected chi connectivity index (χ1v) is 14.4. The highest BCUT2D eigenvalue weighted by atomic mass is 35.5. The summed E-state index contributed by atoms with van der Waals surface area (Å²) in [6.07, 6.45) is 4.62. The summed E-state index contributed by atoms with van der Waals surface area (Å²) in [6.45, 7) is 5.10. The van der Waals surface area contributed by atoms with Gasteiger partial charge in [-0.15, -0.1) is 12.4 Å². The molecule has 37 heavy (non-hydrogen) atoms. The van der Waals surface area contributed by atoms with Crippen molar-refractivity contribution in [1.29, 1.82) is 0 Å². The van der Waals surface area contributed by atoms with Gasteiger partial charge in [-0.25, -0.2) is 12.7 Å². The van der Waals surface area contributed by atoms with Gasteiger partial charge in [0, 0.05) is 26.7 Å². The molecule has 0 aliphatic carbocycles. The lowest BCUT2D eigenvalue weighted by Gasteiger charge is -2.40. The van der Waals surface area contributed by atoms with Gasteiger partial charge in [-0.1, -0.05) is 61.9 Å². The van der Waals surface area contributed by atoms with Crippen molar-refractivity contribution < 1.29 is 17.9 Å². The fourth-order valence-corrected chi connectivity index (χ4v) is 6.15. The lowest BCUT2D eigenvalue weighted by Crippen LogP contribution is -2.52. The number of piperidine rings is 1. The maximum atomic E-state index is 13.2. The third-order valence-electron chi connectivity index (χ3n) is 7.12. The number of sulfonamides is 1. The van der Waals surface area contributed by atoms with Crippen molar-refractivity contribution in [3.05, 3.63) is 66.2 Å². The number of likely N-dealkylation sites (tertiary alicyclic amines) is 1. The summed E-state index contributed by atoms with van der Waals surface area (Å²) in [7, 11) is -0.456. The van der Waals surface area contributed by atoms with Crippen LogP contribution in [0.3, 0.4) is 0 Å². The van der Waals surface area contributed by atoms with E-state index in [1.54, 1.807) is 31.3 Å². The molecule has 3 rings (SSSR count). The van der Waals surface area contributed by atoms with Gasteiger partial charge < -0.3 is 10.1 Å². The molecule has 7 nitrogen and oxygen atoms in total. The fraction of sp³-hybridized carbons (Fsp3) is 0.536. The Morgan fingerprint density at radius 2 is 1.78 bits per heavy atom. The van der Waals surface area contributed by atoms with Gasteiger partial charge in [0.15, 0.2) is 0 Å². The van der Waals surface area contributed by atoms with Crippen molar-refractivity contribution in [3.8, 4) is 0 Å². The Hall–Kier alpha value is -1.97. The molecular formula is C28H42ClN3O4S. The Kier molecular flexibility index (Phi) is 13.0. The molecule has 0 spiro atoms. The molecule has 0 radical (unpaired) electrons. The SMILES string of the molecule is CCCCN[C@H]1C[C@@H](C(=O)OC)CCN1CCC(CN(C)S(=O)(=O)c1ccccc1)c1ccccc1.Cl. The minimum Gasteiger partial charge on any atom is -0.469 e. The number of ether oxygens (including phenoxy) is 1. The van der Waals surface area contributed by atoms with Gasteiger partial charge in [0.1, 0.15) is 0 Å². The van der Waals surface area contributed by atoms with E-state index in [1.165, 1.54) is 11.4 Å². The lowest BCUT2D eigenvalue weighted by molar-refractivity contribution is -0.148. The predicted octanol–water partition coefficient (Wildman–Crippen LogP) is 4.50. The molecule has 0 bridgehead atoms. The number of carbonyl (C=O) groups is 1. The van der Waals surface area contributed by atoms with Crippen molar-refractivity contribution in [2.75, 3.05) is 40.3 Å². The second-order valence-electron chi connectivity index (χ2n) is 9.60. The number of hydrogen-bond acceptors (Lipinski definition) is 6. The molecule has 2 aromatic carbocycles. The second-order valence-corrected chi connectivity index (χ2v) is 11.6. The van der Waals surface area contributed by atoms with Crippen LogP contribution in [0.4, 0.5) is 0 Å². The summed E-state index contributed by atoms with van der Waals surface area (Å²) >= 11 is 0. The molecule has 0 aromatic heterocycles. The average molecular weight is 552 g/mol. The first-order valence-electron chi connectivity index (χ1n) is 13.0. The zero-order valence-electron chi connectivity index (χ0n) is 22.2. The molecule has 9 heteroatoms. The van der Waals surface area contributed by atoms with E-state index in [1.807, 2.05) is 24.3 Å². The zero-order valence-corrected chi connectivity index (χ0v) is 23.8. The highest BCUT2D eigenvalue weighted by Crippen LogP contribution is 2.27. The minimum absolute atomic E-state index is 0. The molecule has 0 amide bonds. The van der Waals surface area contributed by atoms with Crippen molar-refractivity contribution in [3.63, 3.8) is 0 Å². The minimum atomic E-state index is -3.57. The molecule has 3 atom stereocenters. The first-order chi connectivity index (χ1) is 17.4. The molecule has 1 heterocycles. The topological polar surface area (TPSA) is 79.0 Å². The van der Waals surface area contributed by atoms with Crippen LogP contribution in [0.1, 0.15) is 50.5 Å². The van der Waals surface area contributed by atoms with E-state index in [0.717, 1.165) is 57.3 Å². The fourth-order valence-electron chi connectivity index (χ4n) is 4.91. The molecule has 2 aromatic rings. The largest absolute Gasteiger partial charge is 0.469 e. The summed E-state index contributed by atoms with van der Waals surface area (Å²) < 4.78 is 32.9. The van der Waals surface area contributed by atoms with Crippen molar-refractivity contribution in [2.24, 2.45) is 5.92 Å². The Morgan fingerprint density at radius 1 is 1.14 bits per heavy atom. The predicted molar refractivity (Wildman–Crippen MR) is 150 cm³/mol. The van der Waals surface area contributed by atoms with Crippen LogP contribution in [-0.4, -0.2) is 70.1 Å². The smallest absolute Gasteiger partial charge is 0.308 e. The molecule has 206 valence electrons. The van der Waals surface area contributed by atoms with E-state index in [9.17, 15) is 13.2 Å². The zero-order chi connectivity index (χ0) is 26.0. The number of esters is 1. The quantitative estimate of drug-likeness (QED) is 0.292. The van der Waals surface area contributed by atoms with Crippen LogP contribution >= 0.6 is 12.4 Å². The number of nitrogens with one attached hydrogen (secondary N) is 1. The van der Waals surface area contributed by atoms with Crippen LogP contribution in [0, 0.1) is 5.92 Å². The summed E-state index contributed by atoms with van der Waals surface area (Å²) in [5.41, 5.74) is 1.13. The maximum Gasteiger partial charge on any atom is 0.308 e. The Bertz CT molecular complexity index is 1040. The number of halogens is 1. The summed E-state index contributed by atoms with van der Waals surface area (Å²) in [5.74, 6) is -0.173. The van der Waals surface area contributed by atoms with E-state index in [0.29, 0.717) is 11.4 Å².